The lowest BCUT2D eigenvalue weighted by molar-refractivity contribution is -0.132. The van der Waals surface area contributed by atoms with Crippen LogP contribution in [0.4, 0.5) is 15.8 Å². The molecule has 0 spiro atoms. The maximum Gasteiger partial charge on any atom is 0.314 e. The Bertz CT molecular complexity index is 778. The fourth-order valence-corrected chi connectivity index (χ4v) is 1.85. The summed E-state index contributed by atoms with van der Waals surface area (Å²) in [5.74, 6) is -3.12. The van der Waals surface area contributed by atoms with Crippen molar-refractivity contribution < 1.29 is 18.8 Å². The highest BCUT2D eigenvalue weighted by atomic mass is 35.5. The molecule has 0 aliphatic carbocycles. The largest absolute Gasteiger partial charge is 0.366 e. The number of nitrogens with one attached hydrogen (secondary N) is 2. The number of hydrogen-bond donors (Lipinski definition) is 3. The van der Waals surface area contributed by atoms with E-state index in [1.54, 1.807) is 0 Å². The first-order chi connectivity index (χ1) is 10.9. The highest BCUT2D eigenvalue weighted by molar-refractivity contribution is 6.43. The zero-order valence-electron chi connectivity index (χ0n) is 11.6. The molecule has 8 heteroatoms. The summed E-state index contributed by atoms with van der Waals surface area (Å²) in [6.07, 6.45) is 0. The van der Waals surface area contributed by atoms with Gasteiger partial charge in [0.2, 0.25) is 5.91 Å². The Labute approximate surface area is 135 Å². The van der Waals surface area contributed by atoms with Crippen molar-refractivity contribution in [3.63, 3.8) is 0 Å². The summed E-state index contributed by atoms with van der Waals surface area (Å²) >= 11 is 5.58. The monoisotopic (exact) mass is 335 g/mol. The van der Waals surface area contributed by atoms with Crippen LogP contribution in [0.15, 0.2) is 42.5 Å². The van der Waals surface area contributed by atoms with Gasteiger partial charge in [0.1, 0.15) is 5.82 Å². The van der Waals surface area contributed by atoms with Gasteiger partial charge in [-0.25, -0.2) is 4.39 Å². The number of benzene rings is 2. The van der Waals surface area contributed by atoms with E-state index in [0.29, 0.717) is 5.69 Å². The van der Waals surface area contributed by atoms with Crippen LogP contribution in [0.25, 0.3) is 0 Å². The van der Waals surface area contributed by atoms with Crippen molar-refractivity contribution in [2.24, 2.45) is 5.73 Å². The number of primary amides is 1. The number of amides is 3. The van der Waals surface area contributed by atoms with Crippen LogP contribution in [-0.4, -0.2) is 17.7 Å². The van der Waals surface area contributed by atoms with Crippen LogP contribution in [0.2, 0.25) is 5.02 Å². The van der Waals surface area contributed by atoms with Crippen LogP contribution >= 0.6 is 11.6 Å². The molecule has 0 unspecified atom stereocenters. The maximum absolute atomic E-state index is 13.0. The number of carbonyl (C=O) groups is 3. The summed E-state index contributed by atoms with van der Waals surface area (Å²) in [7, 11) is 0. The van der Waals surface area contributed by atoms with E-state index in [9.17, 15) is 18.8 Å². The van der Waals surface area contributed by atoms with Crippen LogP contribution in [-0.2, 0) is 9.59 Å². The minimum atomic E-state index is -0.952. The lowest BCUT2D eigenvalue weighted by atomic mass is 10.2. The second kappa shape index (κ2) is 6.89. The maximum atomic E-state index is 13.0. The molecule has 0 bridgehead atoms. The predicted octanol–water partition coefficient (Wildman–Crippen LogP) is 2.16. The van der Waals surface area contributed by atoms with Gasteiger partial charge in [-0.1, -0.05) is 11.6 Å². The van der Waals surface area contributed by atoms with Gasteiger partial charge in [0.05, 0.1) is 5.02 Å². The van der Waals surface area contributed by atoms with E-state index in [1.807, 2.05) is 0 Å². The van der Waals surface area contributed by atoms with Gasteiger partial charge in [-0.3, -0.25) is 14.4 Å². The van der Waals surface area contributed by atoms with Crippen LogP contribution in [0.1, 0.15) is 10.4 Å². The quantitative estimate of drug-likeness (QED) is 0.749. The van der Waals surface area contributed by atoms with Gasteiger partial charge >= 0.3 is 11.8 Å². The topological polar surface area (TPSA) is 101 Å². The number of anilines is 2. The molecule has 23 heavy (non-hydrogen) atoms. The first-order valence-electron chi connectivity index (χ1n) is 6.34. The van der Waals surface area contributed by atoms with E-state index in [1.165, 1.54) is 36.4 Å². The van der Waals surface area contributed by atoms with Gasteiger partial charge in [-0.05, 0) is 42.5 Å². The standard InChI is InChI=1S/C15H11ClFN3O3/c16-11-7-10(5-6-12(11)17)20-15(23)14(22)19-9-3-1-8(2-4-9)13(18)21/h1-7H,(H2,18,21)(H,19,22)(H,20,23). The lowest BCUT2D eigenvalue weighted by Crippen LogP contribution is -2.29. The molecule has 0 fully saturated rings. The Morgan fingerprint density at radius 2 is 1.43 bits per heavy atom. The molecule has 0 saturated heterocycles. The first kappa shape index (κ1) is 16.4. The smallest absolute Gasteiger partial charge is 0.314 e. The summed E-state index contributed by atoms with van der Waals surface area (Å²) in [5, 5.41) is 4.45. The Morgan fingerprint density at radius 1 is 0.913 bits per heavy atom. The molecular weight excluding hydrogens is 325 g/mol. The van der Waals surface area contributed by atoms with Crippen molar-refractivity contribution >= 4 is 40.7 Å². The highest BCUT2D eigenvalue weighted by Crippen LogP contribution is 2.19. The summed E-state index contributed by atoms with van der Waals surface area (Å²) in [5.41, 5.74) is 5.86. The van der Waals surface area contributed by atoms with E-state index in [-0.39, 0.29) is 16.3 Å². The molecule has 0 aliphatic rings. The third-order valence-electron chi connectivity index (χ3n) is 2.81. The molecule has 2 rings (SSSR count). The number of rotatable bonds is 3. The lowest BCUT2D eigenvalue weighted by Gasteiger charge is -2.07. The molecule has 2 aromatic rings. The van der Waals surface area contributed by atoms with Crippen molar-refractivity contribution in [1.82, 2.24) is 0 Å². The Balaban J connectivity index is 2.00. The molecule has 6 nitrogen and oxygen atoms in total. The number of nitrogens with two attached hydrogens (primary N) is 1. The summed E-state index contributed by atoms with van der Waals surface area (Å²) in [4.78, 5) is 34.5. The molecule has 0 atom stereocenters. The molecular formula is C15H11ClFN3O3. The third-order valence-corrected chi connectivity index (χ3v) is 3.10. The van der Waals surface area contributed by atoms with Crippen molar-refractivity contribution in [3.05, 3.63) is 58.9 Å². The van der Waals surface area contributed by atoms with Crippen LogP contribution < -0.4 is 16.4 Å². The second-order valence-electron chi connectivity index (χ2n) is 4.48. The van der Waals surface area contributed by atoms with E-state index < -0.39 is 23.5 Å². The van der Waals surface area contributed by atoms with Crippen molar-refractivity contribution in [2.75, 3.05) is 10.6 Å². The summed E-state index contributed by atoms with van der Waals surface area (Å²) in [6.45, 7) is 0. The van der Waals surface area contributed by atoms with Gasteiger partial charge in [0.25, 0.3) is 0 Å². The molecule has 3 amide bonds. The van der Waals surface area contributed by atoms with Crippen LogP contribution in [0, 0.1) is 5.82 Å². The normalized spacial score (nSPS) is 10.0. The van der Waals surface area contributed by atoms with Crippen molar-refractivity contribution in [1.29, 1.82) is 0 Å². The molecule has 118 valence electrons. The fraction of sp³-hybridized carbons (Fsp3) is 0. The zero-order chi connectivity index (χ0) is 17.0. The average molecular weight is 336 g/mol. The van der Waals surface area contributed by atoms with Gasteiger partial charge < -0.3 is 16.4 Å². The molecule has 0 aromatic heterocycles. The summed E-state index contributed by atoms with van der Waals surface area (Å²) < 4.78 is 13.0. The van der Waals surface area contributed by atoms with Gasteiger partial charge in [0, 0.05) is 16.9 Å². The van der Waals surface area contributed by atoms with E-state index in [4.69, 9.17) is 17.3 Å². The third kappa shape index (κ3) is 4.27. The van der Waals surface area contributed by atoms with Gasteiger partial charge in [-0.15, -0.1) is 0 Å². The minimum Gasteiger partial charge on any atom is -0.366 e. The zero-order valence-corrected chi connectivity index (χ0v) is 12.4. The Morgan fingerprint density at radius 3 is 1.96 bits per heavy atom. The Kier molecular flexibility index (Phi) is 4.92. The van der Waals surface area contributed by atoms with E-state index >= 15 is 0 Å². The molecule has 0 saturated carbocycles. The van der Waals surface area contributed by atoms with Gasteiger partial charge in [-0.2, -0.15) is 0 Å². The summed E-state index contributed by atoms with van der Waals surface area (Å²) in [6, 6.07) is 9.21. The molecule has 2 aromatic carbocycles. The van der Waals surface area contributed by atoms with E-state index in [0.717, 1.165) is 6.07 Å². The fourth-order valence-electron chi connectivity index (χ4n) is 1.67. The number of carbonyl (C=O) groups excluding carboxylic acids is 3. The Hall–Kier alpha value is -2.93. The average Bonchev–Trinajstić information content (AvgIpc) is 2.51. The highest BCUT2D eigenvalue weighted by Gasteiger charge is 2.15. The second-order valence-corrected chi connectivity index (χ2v) is 4.89. The van der Waals surface area contributed by atoms with Crippen molar-refractivity contribution in [3.8, 4) is 0 Å². The first-order valence-corrected chi connectivity index (χ1v) is 6.72. The molecule has 0 radical (unpaired) electrons. The molecule has 0 heterocycles. The number of halogens is 2. The van der Waals surface area contributed by atoms with Crippen LogP contribution in [0.5, 0.6) is 0 Å². The van der Waals surface area contributed by atoms with E-state index in [2.05, 4.69) is 10.6 Å². The van der Waals surface area contributed by atoms with Gasteiger partial charge in [0.15, 0.2) is 0 Å². The van der Waals surface area contributed by atoms with Crippen LogP contribution in [0.3, 0.4) is 0 Å². The molecule has 4 N–H and O–H groups in total. The minimum absolute atomic E-state index is 0.176. The van der Waals surface area contributed by atoms with Crippen molar-refractivity contribution in [2.45, 2.75) is 0 Å². The molecule has 0 aliphatic heterocycles. The predicted molar refractivity (Wildman–Crippen MR) is 83.6 cm³/mol. The number of hydrogen-bond acceptors (Lipinski definition) is 3. The SMILES string of the molecule is NC(=O)c1ccc(NC(=O)C(=O)Nc2ccc(F)c(Cl)c2)cc1.